The van der Waals surface area contributed by atoms with Crippen molar-refractivity contribution in [1.29, 1.82) is 0 Å². The van der Waals surface area contributed by atoms with E-state index >= 15 is 0 Å². The molecule has 4 N–H and O–H groups in total. The van der Waals surface area contributed by atoms with Crippen molar-refractivity contribution in [3.05, 3.63) is 0 Å². The highest BCUT2D eigenvalue weighted by Gasteiger charge is 2.85. The molecule has 0 aromatic heterocycles. The average molecular weight is 573 g/mol. The van der Waals surface area contributed by atoms with Crippen molar-refractivity contribution in [2.45, 2.75) is 72.6 Å². The molecular weight excluding hydrogens is 561 g/mol. The van der Waals surface area contributed by atoms with Crippen molar-refractivity contribution in [3.63, 3.8) is 0 Å². The molecule has 0 aromatic carbocycles. The average Bonchev–Trinajstić information content (AvgIpc) is 2.68. The van der Waals surface area contributed by atoms with Crippen LogP contribution in [0, 0.1) is 0 Å². The number of halogens is 17. The minimum Gasteiger partial charge on any atom is -0.344 e. The third kappa shape index (κ3) is 5.90. The molecule has 0 fully saturated rings. The lowest BCUT2D eigenvalue weighted by molar-refractivity contribution is -0.382. The van der Waals surface area contributed by atoms with E-state index in [1.807, 2.05) is 0 Å². The largest absolute Gasteiger partial charge is 0.382 e. The van der Waals surface area contributed by atoms with E-state index in [-0.39, 0.29) is 6.15 Å². The maximum atomic E-state index is 13.5. The van der Waals surface area contributed by atoms with Gasteiger partial charge in [0.25, 0.3) is 11.9 Å². The first-order valence-electron chi connectivity index (χ1n) is 7.55. The molecular formula is C12H12F17NO3S. The van der Waals surface area contributed by atoms with Crippen LogP contribution in [-0.2, 0) is 10.1 Å². The molecule has 0 aliphatic heterocycles. The Hall–Kier alpha value is -1.32. The summed E-state index contributed by atoms with van der Waals surface area (Å²) in [4.78, 5) is 0. The van der Waals surface area contributed by atoms with Gasteiger partial charge >= 0.3 is 33.8 Å². The van der Waals surface area contributed by atoms with Crippen molar-refractivity contribution in [2.75, 3.05) is 0 Å². The van der Waals surface area contributed by atoms with Crippen LogP contribution < -0.4 is 6.15 Å². The Morgan fingerprint density at radius 1 is 0.529 bits per heavy atom. The van der Waals surface area contributed by atoms with Gasteiger partial charge in [-0.05, 0) is 0 Å². The van der Waals surface area contributed by atoms with Gasteiger partial charge in [-0.2, -0.15) is 43.5 Å². The highest BCUT2D eigenvalue weighted by molar-refractivity contribution is 7.86. The summed E-state index contributed by atoms with van der Waals surface area (Å²) in [5.41, 5.74) is -5.76. The minimum atomic E-state index is -8.05. The molecule has 0 heterocycles. The van der Waals surface area contributed by atoms with Crippen LogP contribution in [0.15, 0.2) is 0 Å². The second kappa shape index (κ2) is 10.7. The first-order chi connectivity index (χ1) is 14.3. The van der Waals surface area contributed by atoms with Crippen LogP contribution in [0.2, 0.25) is 0 Å². The Balaban J connectivity index is 0. The van der Waals surface area contributed by atoms with Gasteiger partial charge in [0.1, 0.15) is 0 Å². The zero-order chi connectivity index (χ0) is 27.1. The van der Waals surface area contributed by atoms with Crippen molar-refractivity contribution in [1.82, 2.24) is 6.15 Å². The van der Waals surface area contributed by atoms with Gasteiger partial charge in [0.05, 0.1) is 0 Å². The van der Waals surface area contributed by atoms with Crippen LogP contribution in [0.1, 0.15) is 0 Å². The lowest BCUT2D eigenvalue weighted by atomic mass is 9.91. The second-order valence-electron chi connectivity index (χ2n) is 6.18. The molecule has 0 rings (SSSR count). The summed E-state index contributed by atoms with van der Waals surface area (Å²) in [7, 11) is -7.03. The molecule has 0 saturated carbocycles. The number of hydrogen-bond donors (Lipinski definition) is 2. The van der Waals surface area contributed by atoms with Gasteiger partial charge in [-0.1, -0.05) is 0 Å². The number of rotatable bonds is 12. The van der Waals surface area contributed by atoms with E-state index in [0.717, 1.165) is 0 Å². The topological polar surface area (TPSA) is 89.4 Å². The van der Waals surface area contributed by atoms with Gasteiger partial charge in [0, 0.05) is 0 Å². The van der Waals surface area contributed by atoms with Gasteiger partial charge in [-0.25, -0.2) is 39.5 Å². The molecule has 0 aliphatic rings. The molecule has 22 heteroatoms. The fourth-order valence-corrected chi connectivity index (χ4v) is 2.47. The highest BCUT2D eigenvalue weighted by Crippen LogP contribution is 2.56. The van der Waals surface area contributed by atoms with Crippen LogP contribution in [-0.4, -0.2) is 85.6 Å². The van der Waals surface area contributed by atoms with Crippen LogP contribution >= 0.6 is 0 Å². The van der Waals surface area contributed by atoms with Crippen LogP contribution in [0.3, 0.4) is 0 Å². The first-order valence-corrected chi connectivity index (χ1v) is 9.06. The van der Waals surface area contributed by atoms with E-state index in [4.69, 9.17) is 4.55 Å². The third-order valence-corrected chi connectivity index (χ3v) is 4.68. The van der Waals surface area contributed by atoms with E-state index in [9.17, 15) is 83.1 Å². The lowest BCUT2D eigenvalue weighted by Crippen LogP contribution is -2.69. The SMILES string of the molecule is N.O=S(=O)(O)C(F)C(F)(F)C(F)(F)C(F)(F)C(F)(F)C(F)C(F)C(F)C(F)C(F)C(F)C(F)F. The second-order valence-corrected chi connectivity index (χ2v) is 7.63. The molecule has 0 bridgehead atoms. The summed E-state index contributed by atoms with van der Waals surface area (Å²) in [6.45, 7) is 0. The minimum absolute atomic E-state index is 0. The van der Waals surface area contributed by atoms with Gasteiger partial charge in [0.2, 0.25) is 6.17 Å². The lowest BCUT2D eigenvalue weighted by Gasteiger charge is -2.39. The van der Waals surface area contributed by atoms with Crippen molar-refractivity contribution >= 4 is 10.1 Å². The predicted molar refractivity (Wildman–Crippen MR) is 76.6 cm³/mol. The Morgan fingerprint density at radius 3 is 1.15 bits per heavy atom. The third-order valence-electron chi connectivity index (χ3n) is 3.86. The monoisotopic (exact) mass is 573 g/mol. The predicted octanol–water partition coefficient (Wildman–Crippen LogP) is 5.17. The molecule has 4 nitrogen and oxygen atoms in total. The molecule has 0 aromatic rings. The van der Waals surface area contributed by atoms with Crippen LogP contribution in [0.5, 0.6) is 0 Å². The Morgan fingerprint density at radius 2 is 0.824 bits per heavy atom. The molecule has 7 atom stereocenters. The standard InChI is InChI=1S/C12H9F17O3S.H3N/c13-1(3(15)5(17)7(19)20)2(14)4(16)6(18)9(22,23)11(26,27)12(28,29)10(24,25)8(21)33(30,31)32;/h1-8H,(H,30,31,32);1H3. The Bertz CT molecular complexity index is 765. The summed E-state index contributed by atoms with van der Waals surface area (Å²) in [6, 6.07) is 0. The fraction of sp³-hybridized carbons (Fsp3) is 1.00. The van der Waals surface area contributed by atoms with E-state index in [1.165, 1.54) is 0 Å². The fourth-order valence-electron chi connectivity index (χ4n) is 1.95. The summed E-state index contributed by atoms with van der Waals surface area (Å²) < 4.78 is 250. The molecule has 0 aliphatic carbocycles. The van der Waals surface area contributed by atoms with Crippen molar-refractivity contribution in [2.24, 2.45) is 0 Å². The maximum absolute atomic E-state index is 13.5. The maximum Gasteiger partial charge on any atom is 0.382 e. The van der Waals surface area contributed by atoms with E-state index in [2.05, 4.69) is 0 Å². The summed E-state index contributed by atoms with van der Waals surface area (Å²) >= 11 is 0. The van der Waals surface area contributed by atoms with Gasteiger partial charge in [-0.3, -0.25) is 4.55 Å². The van der Waals surface area contributed by atoms with Crippen LogP contribution in [0.25, 0.3) is 0 Å². The normalized spacial score (nSPS) is 20.7. The van der Waals surface area contributed by atoms with E-state index < -0.39 is 82.8 Å². The van der Waals surface area contributed by atoms with E-state index in [1.54, 1.807) is 0 Å². The molecule has 34 heavy (non-hydrogen) atoms. The molecule has 0 saturated heterocycles. The number of hydrogen-bond acceptors (Lipinski definition) is 3. The quantitative estimate of drug-likeness (QED) is 0.249. The van der Waals surface area contributed by atoms with Crippen molar-refractivity contribution < 1.29 is 87.6 Å². The molecule has 7 unspecified atom stereocenters. The molecule has 208 valence electrons. The van der Waals surface area contributed by atoms with Crippen molar-refractivity contribution in [3.8, 4) is 0 Å². The molecule has 0 amide bonds. The van der Waals surface area contributed by atoms with E-state index in [0.29, 0.717) is 0 Å². The Kier molecular flexibility index (Phi) is 11.0. The zero-order valence-corrected chi connectivity index (χ0v) is 16.2. The van der Waals surface area contributed by atoms with Gasteiger partial charge in [0.15, 0.2) is 30.9 Å². The molecule has 0 radical (unpaired) electrons. The summed E-state index contributed by atoms with van der Waals surface area (Å²) in [5.74, 6) is -31.2. The highest BCUT2D eigenvalue weighted by atomic mass is 32.2. The van der Waals surface area contributed by atoms with Gasteiger partial charge in [-0.15, -0.1) is 0 Å². The van der Waals surface area contributed by atoms with Crippen LogP contribution in [0.4, 0.5) is 74.6 Å². The first kappa shape index (κ1) is 34.8. The number of alkyl halides is 17. The summed E-state index contributed by atoms with van der Waals surface area (Å²) in [5, 5.41) is 0. The molecule has 0 spiro atoms. The summed E-state index contributed by atoms with van der Waals surface area (Å²) in [6.07, 6.45) is -33.9. The Labute approximate surface area is 177 Å². The smallest absolute Gasteiger partial charge is 0.344 e. The van der Waals surface area contributed by atoms with Gasteiger partial charge < -0.3 is 6.15 Å². The zero-order valence-electron chi connectivity index (χ0n) is 15.4.